The number of aliphatic imine (C=N–C) groups is 2. The minimum atomic E-state index is -0.343. The number of rotatable bonds is 4. The van der Waals surface area contributed by atoms with Crippen LogP contribution in [0.2, 0.25) is 0 Å². The summed E-state index contributed by atoms with van der Waals surface area (Å²) < 4.78 is 3.77. The number of carbonyl (C=O) groups excluding carboxylic acids is 2. The highest BCUT2D eigenvalue weighted by atomic mass is 32.2. The first-order valence-corrected chi connectivity index (χ1v) is 18.0. The number of fused-ring (bicyclic) bond motifs is 7. The van der Waals surface area contributed by atoms with Gasteiger partial charge in [-0.25, -0.2) is 9.98 Å². The first-order valence-electron chi connectivity index (χ1n) is 13.1. The van der Waals surface area contributed by atoms with Crippen LogP contribution in [0.3, 0.4) is 0 Å². The van der Waals surface area contributed by atoms with Crippen LogP contribution >= 0.6 is 82.0 Å². The molecule has 6 nitrogen and oxygen atoms in total. The summed E-state index contributed by atoms with van der Waals surface area (Å²) in [6.45, 7) is 13.9. The maximum Gasteiger partial charge on any atom is 0.285 e. The molecule has 3 aromatic heterocycles. The second-order valence-electron chi connectivity index (χ2n) is 11.1. The van der Waals surface area contributed by atoms with Crippen molar-refractivity contribution in [2.24, 2.45) is 9.98 Å². The van der Waals surface area contributed by atoms with E-state index in [4.69, 9.17) is 34.4 Å². The molecular formula is C28H24N4O2S7. The van der Waals surface area contributed by atoms with E-state index in [1.54, 1.807) is 21.1 Å². The van der Waals surface area contributed by atoms with E-state index in [0.717, 1.165) is 10.7 Å². The van der Waals surface area contributed by atoms with Crippen LogP contribution in [-0.2, 0) is 20.4 Å². The van der Waals surface area contributed by atoms with Crippen molar-refractivity contribution in [2.45, 2.75) is 52.4 Å². The van der Waals surface area contributed by atoms with Gasteiger partial charge >= 0.3 is 0 Å². The summed E-state index contributed by atoms with van der Waals surface area (Å²) in [6.07, 6.45) is 2.16. The molecule has 0 aromatic carbocycles. The molecule has 0 bridgehead atoms. The summed E-state index contributed by atoms with van der Waals surface area (Å²) in [5.74, 6) is -0.220. The van der Waals surface area contributed by atoms with Gasteiger partial charge in [-0.1, -0.05) is 52.1 Å². The highest BCUT2D eigenvalue weighted by Gasteiger charge is 2.46. The predicted octanol–water partition coefficient (Wildman–Crippen LogP) is 8.15. The van der Waals surface area contributed by atoms with Crippen LogP contribution < -0.4 is 0 Å². The van der Waals surface area contributed by atoms with Crippen molar-refractivity contribution in [2.75, 3.05) is 13.1 Å². The number of thioether (sulfide) groups is 2. The molecule has 2 fully saturated rings. The molecule has 0 spiro atoms. The molecule has 3 aromatic rings. The number of hydrogen-bond donors (Lipinski definition) is 0. The molecule has 5 heterocycles. The summed E-state index contributed by atoms with van der Waals surface area (Å²) in [5.41, 5.74) is 4.31. The average molecular weight is 673 g/mol. The number of thiocarbonyl (C=S) groups is 2. The lowest BCUT2D eigenvalue weighted by atomic mass is 9.82. The third kappa shape index (κ3) is 3.85. The summed E-state index contributed by atoms with van der Waals surface area (Å²) in [4.78, 5) is 42.2. The largest absolute Gasteiger partial charge is 0.292 e. The molecule has 41 heavy (non-hydrogen) atoms. The number of thiophene rings is 3. The average Bonchev–Trinajstić information content (AvgIpc) is 3.71. The van der Waals surface area contributed by atoms with Crippen molar-refractivity contribution in [3.8, 4) is 9.75 Å². The number of allylic oxidation sites excluding steroid dienone is 1. The Balaban J connectivity index is 1.28. The van der Waals surface area contributed by atoms with Gasteiger partial charge in [-0.15, -0.1) is 34.0 Å². The van der Waals surface area contributed by atoms with Gasteiger partial charge in [-0.2, -0.15) is 0 Å². The number of hydrogen-bond acceptors (Lipinski definition) is 11. The summed E-state index contributed by atoms with van der Waals surface area (Å²) in [7, 11) is 0. The maximum absolute atomic E-state index is 12.9. The molecule has 13 heteroatoms. The predicted molar refractivity (Wildman–Crippen MR) is 186 cm³/mol. The van der Waals surface area contributed by atoms with Gasteiger partial charge in [0.25, 0.3) is 11.8 Å². The molecular weight excluding hydrogens is 649 g/mol. The quantitative estimate of drug-likeness (QED) is 0.261. The molecule has 7 rings (SSSR count). The highest BCUT2D eigenvalue weighted by Crippen LogP contribution is 2.63. The third-order valence-electron chi connectivity index (χ3n) is 8.04. The second kappa shape index (κ2) is 9.38. The van der Waals surface area contributed by atoms with Gasteiger partial charge in [0.05, 0.1) is 24.9 Å². The van der Waals surface area contributed by atoms with Gasteiger partial charge in [0.1, 0.15) is 13.6 Å². The van der Waals surface area contributed by atoms with E-state index in [0.29, 0.717) is 31.8 Å². The number of amides is 2. The van der Waals surface area contributed by atoms with Gasteiger partial charge in [0.2, 0.25) is 0 Å². The van der Waals surface area contributed by atoms with Crippen molar-refractivity contribution in [1.29, 1.82) is 0 Å². The third-order valence-corrected chi connectivity index (χ3v) is 14.4. The van der Waals surface area contributed by atoms with E-state index in [-0.39, 0.29) is 22.6 Å². The zero-order chi connectivity index (χ0) is 29.2. The number of nitrogens with zero attached hydrogens (tertiary/aromatic N) is 4. The Morgan fingerprint density at radius 3 is 1.95 bits per heavy atom. The van der Waals surface area contributed by atoms with Crippen LogP contribution in [0.15, 0.2) is 21.7 Å². The molecule has 0 N–H and O–H groups in total. The standard InChI is InChI=1S/C28H24N4O2S7/c1-7-31-23(33)21(40-25(31)35)29-13-10-12-15(28(13,5)6)18-20(37-12)16-19(39-18)17-11(27(16,3)4)9-14(38-17)30-22-24(34)32(8-2)26(36)41-22/h9-10H,7-8H2,1-6H3. The minimum absolute atomic E-state index is 0.108. The molecule has 0 radical (unpaired) electrons. The SMILES string of the molecule is CCN1C(=O)C(=NC2=Cc3sc4c5c(sc4c3C2(C)C)-c2sc(N=C3SC(=S)N(CC)C3=O)cc2C5(C)C)SC1=S. The van der Waals surface area contributed by atoms with Crippen molar-refractivity contribution in [3.05, 3.63) is 33.3 Å². The summed E-state index contributed by atoms with van der Waals surface area (Å²) in [5, 5.41) is 1.74. The molecule has 0 unspecified atom stereocenters. The molecule has 0 atom stereocenters. The van der Waals surface area contributed by atoms with Crippen LogP contribution in [-0.4, -0.2) is 53.4 Å². The van der Waals surface area contributed by atoms with Crippen LogP contribution in [0.1, 0.15) is 63.1 Å². The Morgan fingerprint density at radius 1 is 0.780 bits per heavy atom. The molecule has 2 aliphatic heterocycles. The number of carbonyl (C=O) groups is 2. The van der Waals surface area contributed by atoms with E-state index >= 15 is 0 Å². The van der Waals surface area contributed by atoms with Crippen LogP contribution in [0.4, 0.5) is 5.00 Å². The topological polar surface area (TPSA) is 65.3 Å². The van der Waals surface area contributed by atoms with E-state index in [1.807, 2.05) is 36.5 Å². The maximum atomic E-state index is 12.9. The monoisotopic (exact) mass is 672 g/mol. The van der Waals surface area contributed by atoms with Gasteiger partial charge in [0.15, 0.2) is 10.1 Å². The first-order chi connectivity index (χ1) is 19.4. The Kier molecular flexibility index (Phi) is 6.42. The smallest absolute Gasteiger partial charge is 0.285 e. The van der Waals surface area contributed by atoms with E-state index in [1.165, 1.54) is 64.2 Å². The zero-order valence-corrected chi connectivity index (χ0v) is 28.7. The molecule has 2 aliphatic carbocycles. The summed E-state index contributed by atoms with van der Waals surface area (Å²) >= 11 is 18.7. The zero-order valence-electron chi connectivity index (χ0n) is 23.0. The molecule has 210 valence electrons. The Labute approximate surface area is 269 Å². The van der Waals surface area contributed by atoms with Crippen LogP contribution in [0.25, 0.3) is 25.2 Å². The first kappa shape index (κ1) is 28.1. The minimum Gasteiger partial charge on any atom is -0.292 e. The lowest BCUT2D eigenvalue weighted by Crippen LogP contribution is -2.29. The van der Waals surface area contributed by atoms with Crippen molar-refractivity contribution in [3.63, 3.8) is 0 Å². The highest BCUT2D eigenvalue weighted by molar-refractivity contribution is 8.35. The lowest BCUT2D eigenvalue weighted by Gasteiger charge is -2.21. The lowest BCUT2D eigenvalue weighted by molar-refractivity contribution is -0.120. The van der Waals surface area contributed by atoms with Crippen LogP contribution in [0, 0.1) is 0 Å². The molecule has 2 saturated heterocycles. The fourth-order valence-electron chi connectivity index (χ4n) is 5.83. The van der Waals surface area contributed by atoms with E-state index < -0.39 is 0 Å². The van der Waals surface area contributed by atoms with Crippen molar-refractivity contribution in [1.82, 2.24) is 9.80 Å². The Morgan fingerprint density at radius 2 is 1.37 bits per heavy atom. The normalized spacial score (nSPS) is 22.6. The van der Waals surface area contributed by atoms with Gasteiger partial charge in [-0.3, -0.25) is 19.4 Å². The van der Waals surface area contributed by atoms with Gasteiger partial charge in [-0.05, 0) is 66.2 Å². The van der Waals surface area contributed by atoms with Crippen molar-refractivity contribution >= 4 is 133 Å². The van der Waals surface area contributed by atoms with Crippen molar-refractivity contribution < 1.29 is 9.59 Å². The van der Waals surface area contributed by atoms with Crippen LogP contribution in [0.5, 0.6) is 0 Å². The van der Waals surface area contributed by atoms with Gasteiger partial charge < -0.3 is 0 Å². The fraction of sp³-hybridized carbons (Fsp3) is 0.357. The Hall–Kier alpha value is -1.74. The van der Waals surface area contributed by atoms with Gasteiger partial charge in [0, 0.05) is 28.8 Å². The fourth-order valence-corrected chi connectivity index (χ4v) is 13.2. The molecule has 0 saturated carbocycles. The summed E-state index contributed by atoms with van der Waals surface area (Å²) in [6, 6.07) is 2.15. The van der Waals surface area contributed by atoms with E-state index in [9.17, 15) is 9.59 Å². The van der Waals surface area contributed by atoms with E-state index in [2.05, 4.69) is 39.8 Å². The molecule has 2 amide bonds. The second-order valence-corrected chi connectivity index (χ2v) is 17.4. The Bertz CT molecular complexity index is 1870. The molecule has 4 aliphatic rings.